The van der Waals surface area contributed by atoms with Crippen molar-refractivity contribution in [1.29, 1.82) is 0 Å². The molecule has 0 saturated carbocycles. The van der Waals surface area contributed by atoms with Gasteiger partial charge >= 0.3 is 0 Å². The van der Waals surface area contributed by atoms with Gasteiger partial charge in [0.2, 0.25) is 17.7 Å². The Balaban J connectivity index is -0.000000142. The topological polar surface area (TPSA) is 205 Å². The molecule has 0 rings (SSSR count). The summed E-state index contributed by atoms with van der Waals surface area (Å²) in [5, 5.41) is 6.33. The number of hydrogen-bond donors (Lipinski definition) is 7. The summed E-state index contributed by atoms with van der Waals surface area (Å²) in [5.41, 5.74) is 25.8. The monoisotopic (exact) mass is 401 g/mol. The van der Waals surface area contributed by atoms with Gasteiger partial charge in [-0.05, 0) is 20.8 Å². The molecule has 164 valence electrons. The van der Waals surface area contributed by atoms with Crippen LogP contribution in [0.5, 0.6) is 0 Å². The molecule has 0 saturated heterocycles. The smallest absolute Gasteiger partial charge is 0.243 e. The fourth-order valence-corrected chi connectivity index (χ4v) is 0.631. The Hall–Kier alpha value is -2.53. The van der Waals surface area contributed by atoms with Crippen LogP contribution in [-0.2, 0) is 14.4 Å². The maximum absolute atomic E-state index is 9.82. The van der Waals surface area contributed by atoms with Crippen molar-refractivity contribution in [2.75, 3.05) is 39.3 Å². The van der Waals surface area contributed by atoms with Crippen LogP contribution in [0.15, 0.2) is 36.5 Å². The fraction of sp³-hybridized carbons (Fsp3) is 0.500. The Morgan fingerprint density at radius 3 is 0.893 bits per heavy atom. The molecule has 10 nitrogen and oxygen atoms in total. The molecule has 10 heteroatoms. The minimum Gasteiger partial charge on any atom is -0.366 e. The van der Waals surface area contributed by atoms with E-state index in [1.807, 2.05) is 0 Å². The highest BCUT2D eigenvalue weighted by Gasteiger charge is 1.88. The summed E-state index contributed by atoms with van der Waals surface area (Å²) >= 11 is 0. The van der Waals surface area contributed by atoms with Gasteiger partial charge in [-0.3, -0.25) is 14.4 Å². The van der Waals surface area contributed by atoms with Crippen LogP contribution in [0.1, 0.15) is 20.8 Å². The van der Waals surface area contributed by atoms with Crippen LogP contribution >= 0.6 is 0 Å². The maximum Gasteiger partial charge on any atom is 0.243 e. The second-order valence-corrected chi connectivity index (χ2v) is 5.51. The van der Waals surface area contributed by atoms with E-state index in [1.165, 1.54) is 0 Å². The first-order valence-electron chi connectivity index (χ1n) is 8.52. The number of rotatable bonds is 10. The number of primary amides is 3. The Labute approximate surface area is 168 Å². The van der Waals surface area contributed by atoms with Crippen LogP contribution < -0.4 is 39.3 Å². The highest BCUT2D eigenvalue weighted by molar-refractivity contribution is 5.91. The van der Waals surface area contributed by atoms with Gasteiger partial charge in [0.25, 0.3) is 0 Å². The largest absolute Gasteiger partial charge is 0.366 e. The van der Waals surface area contributed by atoms with Crippen LogP contribution in [0, 0.1) is 0 Å². The van der Waals surface area contributed by atoms with E-state index >= 15 is 0 Å². The van der Waals surface area contributed by atoms with Gasteiger partial charge in [-0.15, -0.1) is 0 Å². The molecule has 0 heterocycles. The van der Waals surface area contributed by atoms with E-state index in [4.69, 9.17) is 28.7 Å². The van der Waals surface area contributed by atoms with Gasteiger partial charge < -0.3 is 39.3 Å². The molecule has 3 amide bonds. The summed E-state index contributed by atoms with van der Waals surface area (Å²) < 4.78 is 0. The highest BCUT2D eigenvalue weighted by atomic mass is 16.2. The normalized spacial score (nSPS) is 8.46. The molecule has 0 radical (unpaired) electrons. The van der Waals surface area contributed by atoms with Gasteiger partial charge in [0.05, 0.1) is 0 Å². The van der Waals surface area contributed by atoms with Gasteiger partial charge in [-0.25, -0.2) is 0 Å². The third-order valence-electron chi connectivity index (χ3n) is 2.38. The van der Waals surface area contributed by atoms with Gasteiger partial charge in [0.1, 0.15) is 0 Å². The van der Waals surface area contributed by atoms with Gasteiger partial charge in [-0.2, -0.15) is 0 Å². The van der Waals surface area contributed by atoms with Crippen molar-refractivity contribution < 1.29 is 14.4 Å². The van der Waals surface area contributed by atoms with Crippen molar-refractivity contribution in [1.82, 2.24) is 10.6 Å². The first-order valence-corrected chi connectivity index (χ1v) is 8.52. The number of amides is 3. The Kier molecular flexibility index (Phi) is 28.9. The molecule has 0 aliphatic heterocycles. The summed E-state index contributed by atoms with van der Waals surface area (Å²) in [6.07, 6.45) is 0. The van der Waals surface area contributed by atoms with E-state index in [0.29, 0.717) is 29.8 Å². The summed E-state index contributed by atoms with van der Waals surface area (Å²) in [7, 11) is 0. The SMILES string of the molecule is C=C(C)C(N)=O.C=C(C)C(N)=O.C=C(C)C(N)=O.NCCNCCNCCN. The molecule has 0 atom stereocenters. The van der Waals surface area contributed by atoms with Gasteiger partial charge in [0.15, 0.2) is 0 Å². The third kappa shape index (κ3) is 43.7. The molecule has 0 aliphatic carbocycles. The van der Waals surface area contributed by atoms with Crippen molar-refractivity contribution in [2.45, 2.75) is 20.8 Å². The number of hydrogen-bond acceptors (Lipinski definition) is 7. The van der Waals surface area contributed by atoms with Crippen LogP contribution in [0.25, 0.3) is 0 Å². The summed E-state index contributed by atoms with van der Waals surface area (Å²) in [6, 6.07) is 0. The average molecular weight is 402 g/mol. The van der Waals surface area contributed by atoms with Gasteiger partial charge in [-0.1, -0.05) is 19.7 Å². The molecule has 0 spiro atoms. The quantitative estimate of drug-likeness (QED) is 0.165. The van der Waals surface area contributed by atoms with Crippen molar-refractivity contribution in [3.63, 3.8) is 0 Å². The molecule has 28 heavy (non-hydrogen) atoms. The zero-order chi connectivity index (χ0) is 23.1. The molecule has 0 aromatic heterocycles. The molecular formula is C18H39N7O3. The maximum atomic E-state index is 9.82. The van der Waals surface area contributed by atoms with Crippen LogP contribution in [0.2, 0.25) is 0 Å². The third-order valence-corrected chi connectivity index (χ3v) is 2.38. The minimum atomic E-state index is -0.435. The van der Waals surface area contributed by atoms with Crippen molar-refractivity contribution in [3.8, 4) is 0 Å². The molecule has 0 bridgehead atoms. The molecule has 0 unspecified atom stereocenters. The van der Waals surface area contributed by atoms with Crippen molar-refractivity contribution in [2.24, 2.45) is 28.7 Å². The number of carbonyl (C=O) groups is 3. The molecule has 0 aromatic rings. The second kappa shape index (κ2) is 24.5. The Morgan fingerprint density at radius 2 is 0.786 bits per heavy atom. The van der Waals surface area contributed by atoms with E-state index < -0.39 is 17.7 Å². The lowest BCUT2D eigenvalue weighted by Crippen LogP contribution is -2.32. The van der Waals surface area contributed by atoms with Gasteiger partial charge in [0, 0.05) is 56.0 Å². The van der Waals surface area contributed by atoms with Crippen LogP contribution in [0.4, 0.5) is 0 Å². The first-order chi connectivity index (χ1) is 12.8. The van der Waals surface area contributed by atoms with Crippen molar-refractivity contribution in [3.05, 3.63) is 36.5 Å². The standard InChI is InChI=1S/C6H18N4.3C4H7NO/c7-1-3-9-5-6-10-4-2-8;3*1-3(2)4(5)6/h9-10H,1-8H2;3*1H2,2H3,(H2,5,6). The molecule has 12 N–H and O–H groups in total. The van der Waals surface area contributed by atoms with E-state index in [9.17, 15) is 14.4 Å². The van der Waals surface area contributed by atoms with Crippen molar-refractivity contribution >= 4 is 17.7 Å². The lowest BCUT2D eigenvalue weighted by Gasteiger charge is -2.03. The molecular weight excluding hydrogens is 362 g/mol. The summed E-state index contributed by atoms with van der Waals surface area (Å²) in [5.74, 6) is -1.31. The number of nitrogens with one attached hydrogen (secondary N) is 2. The zero-order valence-electron chi connectivity index (χ0n) is 17.5. The fourth-order valence-electron chi connectivity index (χ4n) is 0.631. The summed E-state index contributed by atoms with van der Waals surface area (Å²) in [6.45, 7) is 19.7. The summed E-state index contributed by atoms with van der Waals surface area (Å²) in [4.78, 5) is 29.5. The Bertz CT molecular complexity index is 391. The molecule has 0 fully saturated rings. The first kappa shape index (κ1) is 33.1. The predicted molar refractivity (Wildman–Crippen MR) is 116 cm³/mol. The van der Waals surface area contributed by atoms with E-state index in [0.717, 1.165) is 26.2 Å². The average Bonchev–Trinajstić information content (AvgIpc) is 2.59. The number of nitrogens with two attached hydrogens (primary N) is 5. The second-order valence-electron chi connectivity index (χ2n) is 5.51. The molecule has 0 aliphatic rings. The lowest BCUT2D eigenvalue weighted by molar-refractivity contribution is -0.115. The predicted octanol–water partition coefficient (Wildman–Crippen LogP) is -1.77. The van der Waals surface area contributed by atoms with Crippen LogP contribution in [0.3, 0.4) is 0 Å². The zero-order valence-corrected chi connectivity index (χ0v) is 17.5. The van der Waals surface area contributed by atoms with E-state index in [-0.39, 0.29) is 0 Å². The Morgan fingerprint density at radius 1 is 0.607 bits per heavy atom. The van der Waals surface area contributed by atoms with E-state index in [1.54, 1.807) is 20.8 Å². The highest BCUT2D eigenvalue weighted by Crippen LogP contribution is 1.79. The van der Waals surface area contributed by atoms with Crippen LogP contribution in [-0.4, -0.2) is 57.0 Å². The van der Waals surface area contributed by atoms with E-state index in [2.05, 4.69) is 30.4 Å². The minimum absolute atomic E-state index is 0.398. The number of carbonyl (C=O) groups excluding carboxylic acids is 3. The molecule has 0 aromatic carbocycles. The lowest BCUT2D eigenvalue weighted by atomic mass is 10.3.